The van der Waals surface area contributed by atoms with Crippen molar-refractivity contribution in [3.63, 3.8) is 0 Å². The molecule has 0 amide bonds. The van der Waals surface area contributed by atoms with Crippen molar-refractivity contribution in [3.05, 3.63) is 0 Å². The zero-order valence-corrected chi connectivity index (χ0v) is 68.1. The molecule has 0 bridgehead atoms. The van der Waals surface area contributed by atoms with Crippen molar-refractivity contribution in [3.8, 4) is 0 Å². The van der Waals surface area contributed by atoms with Gasteiger partial charge in [0.2, 0.25) is 41.3 Å². The van der Waals surface area contributed by atoms with Crippen LogP contribution in [0.1, 0.15) is 130 Å². The highest BCUT2D eigenvalue weighted by Crippen LogP contribution is 2.90. The number of esters is 7. The van der Waals surface area contributed by atoms with Gasteiger partial charge in [0.25, 0.3) is 0 Å². The van der Waals surface area contributed by atoms with Crippen LogP contribution in [0.15, 0.2) is 0 Å². The number of rotatable bonds is 0. The van der Waals surface area contributed by atoms with Crippen molar-refractivity contribution in [1.82, 2.24) is 0 Å². The molecule has 0 radical (unpaired) electrons. The van der Waals surface area contributed by atoms with Gasteiger partial charge in [0.15, 0.2) is 43.5 Å². The van der Waals surface area contributed by atoms with E-state index < -0.39 is 335 Å². The van der Waals surface area contributed by atoms with E-state index in [2.05, 4.69) is 0 Å². The maximum absolute atomic E-state index is 13.4. The normalized spacial score (nSPS) is 63.3. The van der Waals surface area contributed by atoms with Gasteiger partial charge in [0.1, 0.15) is 77.3 Å². The summed E-state index contributed by atoms with van der Waals surface area (Å²) in [5, 5.41) is 182. The van der Waals surface area contributed by atoms with Gasteiger partial charge in [0.05, 0.1) is 87.1 Å². The molecular formula is C80H106O39. The predicted octanol–water partition coefficient (Wildman–Crippen LogP) is -6.19. The predicted molar refractivity (Wildman–Crippen MR) is 372 cm³/mol. The third-order valence-electron chi connectivity index (χ3n) is 36.4. The molecule has 24 aliphatic rings. The molecule has 24 fully saturated rings. The van der Waals surface area contributed by atoms with Gasteiger partial charge in [-0.2, -0.15) is 0 Å². The van der Waals surface area contributed by atoms with Crippen LogP contribution in [0.3, 0.4) is 0 Å². The van der Waals surface area contributed by atoms with Crippen molar-refractivity contribution in [2.24, 2.45) is 112 Å². The molecule has 16 heterocycles. The number of hydrogen-bond acceptors (Lipinski definition) is 39. The Hall–Kier alpha value is -4.71. The Morgan fingerprint density at radius 1 is 0.319 bits per heavy atom. The van der Waals surface area contributed by atoms with Crippen LogP contribution in [0.2, 0.25) is 0 Å². The van der Waals surface area contributed by atoms with Gasteiger partial charge in [-0.3, -0.25) is 0 Å². The van der Waals surface area contributed by atoms with Crippen LogP contribution in [0.5, 0.6) is 0 Å². The summed E-state index contributed by atoms with van der Waals surface area (Å²) in [6.45, 7) is 29.7. The Labute approximate surface area is 678 Å². The summed E-state index contributed by atoms with van der Waals surface area (Å²) in [6, 6.07) is 0. The minimum Gasteiger partial charge on any atom is -0.459 e. The Bertz CT molecular complexity index is 4580. The second-order valence-corrected chi connectivity index (χ2v) is 43.4. The Kier molecular flexibility index (Phi) is 15.2. The van der Waals surface area contributed by atoms with Crippen molar-refractivity contribution in [1.29, 1.82) is 0 Å². The molecule has 18 unspecified atom stereocenters. The molecule has 0 aromatic heterocycles. The van der Waals surface area contributed by atoms with E-state index in [0.717, 1.165) is 0 Å². The quantitative estimate of drug-likeness (QED) is 0.0793. The molecule has 16 saturated heterocycles. The van der Waals surface area contributed by atoms with Crippen molar-refractivity contribution in [2.75, 3.05) is 13.2 Å². The molecular weight excluding hydrogens is 1580 g/mol. The molecule has 16 aliphatic heterocycles. The van der Waals surface area contributed by atoms with E-state index in [-0.39, 0.29) is 31.5 Å². The Balaban J connectivity index is 0.0000000984. The van der Waals surface area contributed by atoms with Crippen LogP contribution >= 0.6 is 0 Å². The maximum Gasteiger partial charge on any atom is 0.343 e. The highest BCUT2D eigenvalue weighted by atomic mass is 16.8. The lowest BCUT2D eigenvalue weighted by Crippen LogP contribution is -2.67. The number of aliphatic hydroxyl groups is 16. The van der Waals surface area contributed by atoms with Gasteiger partial charge in [-0.25, -0.2) is 33.6 Å². The smallest absolute Gasteiger partial charge is 0.343 e. The van der Waals surface area contributed by atoms with E-state index in [1.165, 1.54) is 13.8 Å². The van der Waals surface area contributed by atoms with E-state index in [9.17, 15) is 115 Å². The van der Waals surface area contributed by atoms with Gasteiger partial charge in [-0.05, 0) is 58.7 Å². The molecule has 39 heteroatoms. The highest BCUT2D eigenvalue weighted by molar-refractivity contribution is 5.95. The van der Waals surface area contributed by atoms with Gasteiger partial charge in [0, 0.05) is 29.6 Å². The maximum atomic E-state index is 13.4. The van der Waals surface area contributed by atoms with Crippen molar-refractivity contribution >= 4 is 41.8 Å². The van der Waals surface area contributed by atoms with Crippen molar-refractivity contribution < 1.29 is 191 Å². The largest absolute Gasteiger partial charge is 0.459 e. The van der Waals surface area contributed by atoms with Gasteiger partial charge in [-0.1, -0.05) is 111 Å². The van der Waals surface area contributed by atoms with Gasteiger partial charge >= 0.3 is 41.8 Å². The molecule has 0 aromatic carbocycles. The number of fused-ring (bicyclic) bond motifs is 4. The van der Waals surface area contributed by atoms with Gasteiger partial charge < -0.3 is 157 Å². The summed E-state index contributed by atoms with van der Waals surface area (Å²) in [5.74, 6) is -11.5. The average molecular weight is 1690 g/mol. The second-order valence-electron chi connectivity index (χ2n) is 43.4. The molecule has 16 N–H and O–H groups in total. The third kappa shape index (κ3) is 6.95. The van der Waals surface area contributed by atoms with Crippen LogP contribution in [-0.4, -0.2) is 329 Å². The first-order chi connectivity index (χ1) is 55.0. The zero-order chi connectivity index (χ0) is 86.4. The molecule has 39 nitrogen and oxygen atoms in total. The summed E-state index contributed by atoms with van der Waals surface area (Å²) in [6.07, 6.45) is -31.9. The fraction of sp³-hybridized carbons (Fsp3) is 0.912. The first-order valence-corrected chi connectivity index (χ1v) is 41.4. The first kappa shape index (κ1) is 81.3. The fourth-order valence-corrected chi connectivity index (χ4v) is 33.2. The summed E-state index contributed by atoms with van der Waals surface area (Å²) < 4.78 is 92.0. The average Bonchev–Trinajstić information content (AvgIpc) is 1.37. The summed E-state index contributed by atoms with van der Waals surface area (Å²) in [4.78, 5) is 91.2. The van der Waals surface area contributed by atoms with Crippen LogP contribution in [0, 0.1) is 112 Å². The van der Waals surface area contributed by atoms with Crippen LogP contribution < -0.4 is 0 Å². The lowest BCUT2D eigenvalue weighted by molar-refractivity contribution is -0.263. The topological polar surface area (TPSA) is 591 Å². The van der Waals surface area contributed by atoms with E-state index in [1.54, 1.807) is 34.6 Å². The zero-order valence-electron chi connectivity index (χ0n) is 68.1. The number of aliphatic hydroxyl groups excluding tert-OH is 12. The molecule has 8 saturated carbocycles. The second kappa shape index (κ2) is 22.3. The SMILES string of the molecule is C[C@@H]1C(O)OC2[C@H](O)C34C5C[C@@H](C(C)(C)C)C36[C@@H](OC(=O)[C@@H]6O)O[C@@]4(C(=O)O5)[C@]21O.C[C@@H]1C(O)OC2[C@H](O)C34C5OC(=O)[C@]3(O[C@@H]3OC(=O)[C@H](O)C34[C@H](C(C)(C)C)[C@H]5O)[C@]21O.C[C@@H]1COC2[C@H](O)C34C5C[C@@H](C(C)(C)C)C36[C@@H](OC(=O)[C@@H]6O)O[C@@]4(C(=O)O5)[C@]21O.C[C@@H]1COC2[C@H](O)C34C5C[C@@H](C(C)(C)C)C36[C@@H](O[C@H](O)[C@@H]6O)O[C@@]4(C(=O)O5)[C@]21O. The monoisotopic (exact) mass is 1690 g/mol. The minimum absolute atomic E-state index is 0.139. The first-order valence-electron chi connectivity index (χ1n) is 41.4. The van der Waals surface area contributed by atoms with E-state index >= 15 is 0 Å². The summed E-state index contributed by atoms with van der Waals surface area (Å²) >= 11 is 0. The number of carbonyl (C=O) groups excluding carboxylic acids is 7. The molecule has 119 heavy (non-hydrogen) atoms. The molecule has 0 aromatic rings. The van der Waals surface area contributed by atoms with Crippen LogP contribution in [-0.2, 0) is 109 Å². The number of hydrogen-bond donors (Lipinski definition) is 16. The number of ether oxygens (including phenoxy) is 16. The lowest BCUT2D eigenvalue weighted by Gasteiger charge is -2.49. The minimum atomic E-state index is -2.33. The van der Waals surface area contributed by atoms with E-state index in [4.69, 9.17) is 75.8 Å². The molecule has 48 atom stereocenters. The Morgan fingerprint density at radius 3 is 1.01 bits per heavy atom. The van der Waals surface area contributed by atoms with E-state index in [1.807, 2.05) is 62.3 Å². The summed E-state index contributed by atoms with van der Waals surface area (Å²) in [7, 11) is 0. The summed E-state index contributed by atoms with van der Waals surface area (Å²) in [5.41, 5.74) is -31.5. The van der Waals surface area contributed by atoms with Crippen LogP contribution in [0.25, 0.3) is 0 Å². The van der Waals surface area contributed by atoms with Crippen LogP contribution in [0.4, 0.5) is 0 Å². The van der Waals surface area contributed by atoms with Gasteiger partial charge in [-0.15, -0.1) is 0 Å². The third-order valence-corrected chi connectivity index (χ3v) is 36.4. The highest BCUT2D eigenvalue weighted by Gasteiger charge is 3.09. The Morgan fingerprint density at radius 2 is 0.630 bits per heavy atom. The standard InChI is InChI=1S/C20H26O11.C20H26O10.C20H28O9.C20H26O9/c1-5-12(24)28-11-8(22)18-10-6(21)7(16(2,3)4)17(18)9(23)13(25)30-15(17)31-20(18,14(26)29-10)19(5,11)27;1-6-12(23)28-11-9(21)18-8-5-7(16(2,3)4)17(18)10(22)13(24)29-15(17)30-20(18,14(25)27-8)19(6,11)26;2*1-7-6-26-12-10(21)18-9-5-8(16(2,3)4)17(18)11(22)13(23)28-15(17)29-20(18,14(24)27-9)19(7,12)25/h5-12,15,21-24,27H,1-4H3;6-12,15,21-23,26H,5H2,1-4H3;7-13,15,21-23,25H,5-6H2,1-4H3;7-12,15,21-22,25H,5-6H2,1-4H3/t5-,6-,7+,8+,9+,10?,11?,12?,15+,17?,18?,19-,20-;6-,7+,8?,9+,10+,11?,12?,15+,17?,18?,19-,20-;7-,8+,9?,10+,11+,12?,13+,15+,17?,18?,19-,20-;7-,8+,9?,10+,11+,12?,15+,17?,18?,19-,20-/m1111/s1. The van der Waals surface area contributed by atoms with E-state index in [0.29, 0.717) is 12.8 Å². The lowest BCUT2D eigenvalue weighted by atomic mass is 9.51. The molecule has 8 aliphatic carbocycles. The molecule has 8 spiro atoms. The van der Waals surface area contributed by atoms with Crippen molar-refractivity contribution in [2.45, 2.75) is 323 Å². The molecule has 660 valence electrons. The fourth-order valence-electron chi connectivity index (χ4n) is 33.2. The number of carbonyl (C=O) groups is 7. The molecule has 24 rings (SSSR count).